The van der Waals surface area contributed by atoms with Crippen LogP contribution in [0.1, 0.15) is 12.0 Å². The summed E-state index contributed by atoms with van der Waals surface area (Å²) in [7, 11) is 0. The van der Waals surface area contributed by atoms with Gasteiger partial charge in [-0.3, -0.25) is 4.79 Å². The van der Waals surface area contributed by atoms with Crippen LogP contribution in [0.2, 0.25) is 10.0 Å². The van der Waals surface area contributed by atoms with Gasteiger partial charge in [0, 0.05) is 10.0 Å². The maximum atomic E-state index is 10.5. The van der Waals surface area contributed by atoms with Gasteiger partial charge in [-0.2, -0.15) is 0 Å². The standard InChI is InChI=1S/C10H11Cl2NO2.ClH/c11-7-2-1-3-8(12)6(7)4-5-9(13)10(14)15;/h1-3,9H,4-5,13H2,(H,14,15);1H. The molecule has 0 radical (unpaired) electrons. The predicted octanol–water partition coefficient (Wildman–Crippen LogP) is 2.76. The first kappa shape index (κ1) is 15.5. The van der Waals surface area contributed by atoms with Crippen molar-refractivity contribution >= 4 is 41.6 Å². The summed E-state index contributed by atoms with van der Waals surface area (Å²) in [6.07, 6.45) is 0.782. The Balaban J connectivity index is 0.00000225. The molecule has 1 unspecified atom stereocenters. The molecule has 3 nitrogen and oxygen atoms in total. The van der Waals surface area contributed by atoms with E-state index in [1.165, 1.54) is 0 Å². The van der Waals surface area contributed by atoms with Crippen LogP contribution in [0.5, 0.6) is 0 Å². The smallest absolute Gasteiger partial charge is 0.320 e. The molecule has 1 aromatic rings. The van der Waals surface area contributed by atoms with E-state index in [1.54, 1.807) is 18.2 Å². The Morgan fingerprint density at radius 2 is 1.88 bits per heavy atom. The Morgan fingerprint density at radius 3 is 2.31 bits per heavy atom. The highest BCUT2D eigenvalue weighted by molar-refractivity contribution is 6.35. The lowest BCUT2D eigenvalue weighted by Crippen LogP contribution is -2.30. The molecule has 90 valence electrons. The number of nitrogens with two attached hydrogens (primary N) is 1. The van der Waals surface area contributed by atoms with Gasteiger partial charge < -0.3 is 10.8 Å². The predicted molar refractivity (Wildman–Crippen MR) is 67.6 cm³/mol. The molecule has 6 heteroatoms. The van der Waals surface area contributed by atoms with E-state index in [1.807, 2.05) is 0 Å². The Morgan fingerprint density at radius 1 is 1.38 bits per heavy atom. The molecule has 3 N–H and O–H groups in total. The van der Waals surface area contributed by atoms with E-state index in [0.29, 0.717) is 22.9 Å². The van der Waals surface area contributed by atoms with Gasteiger partial charge in [-0.15, -0.1) is 12.4 Å². The Kier molecular flexibility index (Phi) is 6.76. The minimum atomic E-state index is -1.02. The molecular weight excluding hydrogens is 272 g/mol. The Labute approximate surface area is 110 Å². The zero-order valence-electron chi connectivity index (χ0n) is 8.32. The molecule has 0 saturated heterocycles. The van der Waals surface area contributed by atoms with Crippen LogP contribution in [0.4, 0.5) is 0 Å². The van der Waals surface area contributed by atoms with Gasteiger partial charge >= 0.3 is 5.97 Å². The number of rotatable bonds is 4. The molecule has 0 spiro atoms. The van der Waals surface area contributed by atoms with Crippen LogP contribution in [0.15, 0.2) is 18.2 Å². The van der Waals surface area contributed by atoms with E-state index in [9.17, 15) is 4.79 Å². The van der Waals surface area contributed by atoms with Crippen LogP contribution < -0.4 is 5.73 Å². The minimum Gasteiger partial charge on any atom is -0.480 e. The van der Waals surface area contributed by atoms with Crippen molar-refractivity contribution < 1.29 is 9.90 Å². The molecule has 0 aromatic heterocycles. The van der Waals surface area contributed by atoms with Crippen molar-refractivity contribution in [2.24, 2.45) is 5.73 Å². The molecule has 0 amide bonds. The first-order valence-corrected chi connectivity index (χ1v) is 5.19. The van der Waals surface area contributed by atoms with Crippen molar-refractivity contribution in [3.05, 3.63) is 33.8 Å². The third kappa shape index (κ3) is 4.18. The number of aliphatic carboxylic acids is 1. The second kappa shape index (κ2) is 6.97. The van der Waals surface area contributed by atoms with Gasteiger partial charge in [-0.25, -0.2) is 0 Å². The molecule has 0 aliphatic heterocycles. The minimum absolute atomic E-state index is 0. The second-order valence-corrected chi connectivity index (χ2v) is 4.00. The van der Waals surface area contributed by atoms with E-state index < -0.39 is 12.0 Å². The number of carbonyl (C=O) groups is 1. The quantitative estimate of drug-likeness (QED) is 0.893. The highest BCUT2D eigenvalue weighted by Crippen LogP contribution is 2.25. The van der Waals surface area contributed by atoms with Crippen molar-refractivity contribution in [1.82, 2.24) is 0 Å². The summed E-state index contributed by atoms with van der Waals surface area (Å²) >= 11 is 11.8. The fourth-order valence-corrected chi connectivity index (χ4v) is 1.78. The van der Waals surface area contributed by atoms with Gasteiger partial charge in [0.2, 0.25) is 0 Å². The van der Waals surface area contributed by atoms with E-state index in [4.69, 9.17) is 34.0 Å². The Bertz CT molecular complexity index is 351. The SMILES string of the molecule is Cl.NC(CCc1c(Cl)cccc1Cl)C(=O)O. The monoisotopic (exact) mass is 283 g/mol. The lowest BCUT2D eigenvalue weighted by atomic mass is 10.1. The number of benzene rings is 1. The summed E-state index contributed by atoms with van der Waals surface area (Å²) in [5, 5.41) is 9.69. The van der Waals surface area contributed by atoms with E-state index in [-0.39, 0.29) is 12.4 Å². The van der Waals surface area contributed by atoms with Crippen LogP contribution in [-0.2, 0) is 11.2 Å². The van der Waals surface area contributed by atoms with Crippen molar-refractivity contribution in [3.63, 3.8) is 0 Å². The average Bonchev–Trinajstić information content (AvgIpc) is 2.16. The van der Waals surface area contributed by atoms with Crippen LogP contribution >= 0.6 is 35.6 Å². The van der Waals surface area contributed by atoms with Crippen LogP contribution in [0.25, 0.3) is 0 Å². The summed E-state index contributed by atoms with van der Waals surface area (Å²) in [6.45, 7) is 0. The molecule has 0 aliphatic rings. The van der Waals surface area contributed by atoms with Crippen molar-refractivity contribution in [2.75, 3.05) is 0 Å². The van der Waals surface area contributed by atoms with Gasteiger partial charge in [0.1, 0.15) is 6.04 Å². The first-order chi connectivity index (χ1) is 7.02. The van der Waals surface area contributed by atoms with Gasteiger partial charge in [0.05, 0.1) is 0 Å². The van der Waals surface area contributed by atoms with Crippen molar-refractivity contribution in [1.29, 1.82) is 0 Å². The van der Waals surface area contributed by atoms with E-state index >= 15 is 0 Å². The third-order valence-electron chi connectivity index (χ3n) is 2.08. The number of carboxylic acid groups (broad SMARTS) is 1. The Hall–Kier alpha value is -0.480. The summed E-state index contributed by atoms with van der Waals surface area (Å²) in [5.74, 6) is -1.02. The molecule has 0 bridgehead atoms. The van der Waals surface area contributed by atoms with Gasteiger partial charge in [-0.1, -0.05) is 29.3 Å². The molecule has 1 rings (SSSR count). The van der Waals surface area contributed by atoms with Crippen molar-refractivity contribution in [2.45, 2.75) is 18.9 Å². The fourth-order valence-electron chi connectivity index (χ4n) is 1.19. The third-order valence-corrected chi connectivity index (χ3v) is 2.79. The number of halogens is 3. The second-order valence-electron chi connectivity index (χ2n) is 3.18. The van der Waals surface area contributed by atoms with E-state index in [2.05, 4.69) is 0 Å². The molecule has 1 aromatic carbocycles. The van der Waals surface area contributed by atoms with Gasteiger partial charge in [0.25, 0.3) is 0 Å². The maximum Gasteiger partial charge on any atom is 0.320 e. The highest BCUT2D eigenvalue weighted by atomic mass is 35.5. The average molecular weight is 285 g/mol. The zero-order chi connectivity index (χ0) is 11.4. The van der Waals surface area contributed by atoms with Crippen LogP contribution in [0, 0.1) is 0 Å². The normalized spacial score (nSPS) is 11.7. The topological polar surface area (TPSA) is 63.3 Å². The number of carboxylic acids is 1. The molecule has 1 atom stereocenters. The largest absolute Gasteiger partial charge is 0.480 e. The van der Waals surface area contributed by atoms with Crippen LogP contribution in [-0.4, -0.2) is 17.1 Å². The summed E-state index contributed by atoms with van der Waals surface area (Å²) in [5.41, 5.74) is 6.13. The fraction of sp³-hybridized carbons (Fsp3) is 0.300. The lowest BCUT2D eigenvalue weighted by molar-refractivity contribution is -0.138. The molecule has 0 aliphatic carbocycles. The molecule has 0 fully saturated rings. The molecule has 16 heavy (non-hydrogen) atoms. The summed E-state index contributed by atoms with van der Waals surface area (Å²) < 4.78 is 0. The maximum absolute atomic E-state index is 10.5. The summed E-state index contributed by atoms with van der Waals surface area (Å²) in [4.78, 5) is 10.5. The highest BCUT2D eigenvalue weighted by Gasteiger charge is 2.13. The first-order valence-electron chi connectivity index (χ1n) is 4.43. The molecule has 0 saturated carbocycles. The molecular formula is C10H12Cl3NO2. The van der Waals surface area contributed by atoms with Gasteiger partial charge in [-0.05, 0) is 30.5 Å². The summed E-state index contributed by atoms with van der Waals surface area (Å²) in [6, 6.07) is 4.30. The molecule has 0 heterocycles. The lowest BCUT2D eigenvalue weighted by Gasteiger charge is -2.09. The van der Waals surface area contributed by atoms with Crippen LogP contribution in [0.3, 0.4) is 0 Å². The van der Waals surface area contributed by atoms with Gasteiger partial charge in [0.15, 0.2) is 0 Å². The zero-order valence-corrected chi connectivity index (χ0v) is 10.6. The van der Waals surface area contributed by atoms with Crippen molar-refractivity contribution in [3.8, 4) is 0 Å². The number of hydrogen-bond donors (Lipinski definition) is 2. The van der Waals surface area contributed by atoms with E-state index in [0.717, 1.165) is 5.56 Å². The number of hydrogen-bond acceptors (Lipinski definition) is 2.